The Hall–Kier alpha value is -2.92. The van der Waals surface area contributed by atoms with Crippen molar-refractivity contribution in [1.29, 1.82) is 0 Å². The largest absolute Gasteiger partial charge is 0.512 e. The zero-order valence-electron chi connectivity index (χ0n) is 17.5. The first-order valence-corrected chi connectivity index (χ1v) is 9.18. The Bertz CT molecular complexity index is 1060. The fraction of sp³-hybridized carbons (Fsp3) is 0.167. The number of halogens is 3. The van der Waals surface area contributed by atoms with Gasteiger partial charge in [0.05, 0.1) is 12.9 Å². The summed E-state index contributed by atoms with van der Waals surface area (Å²) in [5.74, 6) is 0.458. The van der Waals surface area contributed by atoms with Crippen molar-refractivity contribution in [2.45, 2.75) is 20.0 Å². The number of hydrogen-bond acceptors (Lipinski definition) is 4. The third-order valence-electron chi connectivity index (χ3n) is 3.94. The minimum atomic E-state index is -4.45. The Balaban J connectivity index is 0.000000558. The van der Waals surface area contributed by atoms with Gasteiger partial charge in [0, 0.05) is 39.0 Å². The molecular formula is C24H21F3NO3Pt-. The number of aliphatic hydroxyl groups excluding tert-OH is 1. The molecule has 0 spiro atoms. The number of benzene rings is 2. The van der Waals surface area contributed by atoms with E-state index in [4.69, 9.17) is 9.84 Å². The average molecular weight is 624 g/mol. The van der Waals surface area contributed by atoms with Crippen LogP contribution < -0.4 is 4.74 Å². The number of rotatable bonds is 4. The molecule has 0 bridgehead atoms. The van der Waals surface area contributed by atoms with E-state index in [2.05, 4.69) is 11.1 Å². The monoisotopic (exact) mass is 623 g/mol. The Morgan fingerprint density at radius 1 is 1.06 bits per heavy atom. The van der Waals surface area contributed by atoms with Gasteiger partial charge in [-0.3, -0.25) is 9.78 Å². The van der Waals surface area contributed by atoms with E-state index < -0.39 is 11.7 Å². The smallest absolute Gasteiger partial charge is 0.402 e. The van der Waals surface area contributed by atoms with Gasteiger partial charge in [-0.2, -0.15) is 13.2 Å². The third kappa shape index (κ3) is 8.31. The first-order valence-electron chi connectivity index (χ1n) is 9.18. The minimum Gasteiger partial charge on any atom is -0.512 e. The average Bonchev–Trinajstić information content (AvgIpc) is 2.73. The molecule has 0 aliphatic carbocycles. The summed E-state index contributed by atoms with van der Waals surface area (Å²) >= 11 is 0. The van der Waals surface area contributed by atoms with Crippen LogP contribution in [-0.4, -0.2) is 23.0 Å². The first-order chi connectivity index (χ1) is 14.6. The molecule has 0 aliphatic rings. The maximum absolute atomic E-state index is 13.3. The molecule has 0 amide bonds. The van der Waals surface area contributed by atoms with Crippen molar-refractivity contribution in [3.63, 3.8) is 0 Å². The van der Waals surface area contributed by atoms with Crippen LogP contribution in [0.2, 0.25) is 0 Å². The molecule has 0 radical (unpaired) electrons. The van der Waals surface area contributed by atoms with Gasteiger partial charge in [0.1, 0.15) is 5.75 Å². The molecule has 1 aromatic heterocycles. The quantitative estimate of drug-likeness (QED) is 0.211. The number of pyridine rings is 1. The van der Waals surface area contributed by atoms with E-state index in [0.717, 1.165) is 12.1 Å². The third-order valence-corrected chi connectivity index (χ3v) is 3.94. The van der Waals surface area contributed by atoms with E-state index in [9.17, 15) is 18.0 Å². The van der Waals surface area contributed by atoms with E-state index in [1.54, 1.807) is 36.4 Å². The van der Waals surface area contributed by atoms with Crippen molar-refractivity contribution in [1.82, 2.24) is 4.98 Å². The normalized spacial score (nSPS) is 11.0. The zero-order chi connectivity index (χ0) is 23.0. The Kier molecular flexibility index (Phi) is 10.3. The summed E-state index contributed by atoms with van der Waals surface area (Å²) < 4.78 is 44.9. The van der Waals surface area contributed by atoms with E-state index >= 15 is 0 Å². The van der Waals surface area contributed by atoms with Gasteiger partial charge in [0.15, 0.2) is 5.78 Å². The van der Waals surface area contributed by atoms with E-state index in [1.807, 2.05) is 6.07 Å². The summed E-state index contributed by atoms with van der Waals surface area (Å²) in [6, 6.07) is 17.2. The number of nitrogens with zero attached hydrogens (tertiary/aromatic N) is 1. The summed E-state index contributed by atoms with van der Waals surface area (Å²) in [5.41, 5.74) is 0.928. The number of carbonyl (C=O) groups excluding carboxylic acids is 1. The fourth-order valence-corrected chi connectivity index (χ4v) is 2.62. The number of aromatic nitrogens is 1. The second-order valence-corrected chi connectivity index (χ2v) is 6.54. The molecule has 3 aromatic rings. The molecule has 3 rings (SSSR count). The number of aliphatic hydroxyl groups is 1. The molecule has 8 heteroatoms. The van der Waals surface area contributed by atoms with Crippen molar-refractivity contribution in [2.75, 3.05) is 7.11 Å². The van der Waals surface area contributed by atoms with Crippen molar-refractivity contribution in [3.8, 4) is 28.1 Å². The van der Waals surface area contributed by atoms with E-state index in [1.165, 1.54) is 33.2 Å². The molecule has 0 saturated heterocycles. The van der Waals surface area contributed by atoms with Crippen LogP contribution in [0.15, 0.2) is 72.6 Å². The number of alkyl halides is 3. The van der Waals surface area contributed by atoms with Gasteiger partial charge < -0.3 is 9.84 Å². The van der Waals surface area contributed by atoms with Crippen molar-refractivity contribution >= 4 is 5.78 Å². The van der Waals surface area contributed by atoms with Crippen LogP contribution in [0.3, 0.4) is 0 Å². The Morgan fingerprint density at radius 2 is 1.69 bits per heavy atom. The summed E-state index contributed by atoms with van der Waals surface area (Å²) in [7, 11) is 1.49. The number of allylic oxidation sites excluding steroid dienone is 2. The molecule has 2 aromatic carbocycles. The predicted molar refractivity (Wildman–Crippen MR) is 113 cm³/mol. The first kappa shape index (κ1) is 27.1. The van der Waals surface area contributed by atoms with Crippen LogP contribution in [0.5, 0.6) is 5.75 Å². The van der Waals surface area contributed by atoms with Crippen LogP contribution >= 0.6 is 0 Å². The van der Waals surface area contributed by atoms with Crippen molar-refractivity contribution < 1.29 is 48.9 Å². The van der Waals surface area contributed by atoms with Gasteiger partial charge in [0.2, 0.25) is 0 Å². The standard InChI is InChI=1S/C19H13F3NO.C5H8O2.Pt/c1-24-17-7-8-23-18(12-17)15-9-14(13-5-3-2-4-6-13)10-16(11-15)19(20,21)22;1-4(6)3-5(2)7;/h2-8,10-12H,1H3;3,6H,1-2H3;/q-1;;/b;4-3-;. The Labute approximate surface area is 199 Å². The van der Waals surface area contributed by atoms with Crippen LogP contribution in [0.25, 0.3) is 22.4 Å². The molecule has 1 N–H and O–H groups in total. The van der Waals surface area contributed by atoms with E-state index in [0.29, 0.717) is 22.6 Å². The van der Waals surface area contributed by atoms with Crippen LogP contribution in [0.1, 0.15) is 19.4 Å². The molecule has 4 nitrogen and oxygen atoms in total. The molecule has 1 heterocycles. The zero-order valence-corrected chi connectivity index (χ0v) is 19.8. The number of ketones is 1. The number of ether oxygens (including phenoxy) is 1. The molecule has 172 valence electrons. The molecular weight excluding hydrogens is 602 g/mol. The number of methoxy groups -OCH3 is 1. The summed E-state index contributed by atoms with van der Waals surface area (Å²) in [4.78, 5) is 14.2. The van der Waals surface area contributed by atoms with Gasteiger partial charge in [-0.25, -0.2) is 0 Å². The molecule has 0 unspecified atom stereocenters. The predicted octanol–water partition coefficient (Wildman–Crippen LogP) is 6.28. The molecule has 0 fully saturated rings. The van der Waals surface area contributed by atoms with Gasteiger partial charge in [-0.15, -0.1) is 23.8 Å². The topological polar surface area (TPSA) is 59.4 Å². The van der Waals surface area contributed by atoms with Crippen LogP contribution in [0, 0.1) is 6.07 Å². The van der Waals surface area contributed by atoms with Gasteiger partial charge in [0.25, 0.3) is 0 Å². The number of carbonyl (C=O) groups is 1. The molecule has 32 heavy (non-hydrogen) atoms. The molecule has 0 saturated carbocycles. The fourth-order valence-electron chi connectivity index (χ4n) is 2.62. The Morgan fingerprint density at radius 3 is 2.19 bits per heavy atom. The second-order valence-electron chi connectivity index (χ2n) is 6.54. The SMILES string of the molecule is CC(=O)/C=C(/C)O.COc1ccnc(-c2[c-]c(-c3ccccc3)cc(C(F)(F)F)c2)c1.[Pt]. The summed E-state index contributed by atoms with van der Waals surface area (Å²) in [5, 5.41) is 8.36. The maximum Gasteiger partial charge on any atom is 0.402 e. The summed E-state index contributed by atoms with van der Waals surface area (Å²) in [6.45, 7) is 2.85. The van der Waals surface area contributed by atoms with Crippen LogP contribution in [0.4, 0.5) is 13.2 Å². The second kappa shape index (κ2) is 12.2. The summed E-state index contributed by atoms with van der Waals surface area (Å²) in [6.07, 6.45) is -1.79. The van der Waals surface area contributed by atoms with Gasteiger partial charge in [-0.1, -0.05) is 41.5 Å². The molecule has 0 atom stereocenters. The maximum atomic E-state index is 13.3. The van der Waals surface area contributed by atoms with Crippen molar-refractivity contribution in [3.05, 3.63) is 84.3 Å². The molecule has 0 aliphatic heterocycles. The van der Waals surface area contributed by atoms with Gasteiger partial charge >= 0.3 is 6.18 Å². The van der Waals surface area contributed by atoms with Crippen molar-refractivity contribution in [2.24, 2.45) is 0 Å². The van der Waals surface area contributed by atoms with Gasteiger partial charge in [-0.05, 0) is 31.5 Å². The number of hydrogen-bond donors (Lipinski definition) is 1. The minimum absolute atomic E-state index is 0. The van der Waals surface area contributed by atoms with Crippen LogP contribution in [-0.2, 0) is 32.0 Å². The van der Waals surface area contributed by atoms with E-state index in [-0.39, 0.29) is 38.2 Å².